The van der Waals surface area contributed by atoms with Crippen LogP contribution < -0.4 is 19.1 Å². The van der Waals surface area contributed by atoms with E-state index in [1.54, 1.807) is 18.2 Å². The Labute approximate surface area is 169 Å². The van der Waals surface area contributed by atoms with Crippen molar-refractivity contribution in [2.75, 3.05) is 44.3 Å². The predicted molar refractivity (Wildman–Crippen MR) is 106 cm³/mol. The molecule has 154 valence electrons. The van der Waals surface area contributed by atoms with Gasteiger partial charge in [0, 0.05) is 37.2 Å². The van der Waals surface area contributed by atoms with E-state index in [1.165, 1.54) is 12.3 Å². The Kier molecular flexibility index (Phi) is 4.81. The summed E-state index contributed by atoms with van der Waals surface area (Å²) in [7, 11) is -3.98. The summed E-state index contributed by atoms with van der Waals surface area (Å²) in [6.07, 6.45) is 2.45. The number of aromatic nitrogens is 1. The standard InChI is InChI=1S/C20H23N3O5S/c24-29(25,15-2-4-20(22-12-15)23-7-9-26-10-8-23)28-14-1-3-16-17-5-6-21-13-19(17)27-18(16)11-14/h1-4,11-12,17,19,21H,5-10,13H2. The Morgan fingerprint density at radius 3 is 2.83 bits per heavy atom. The molecule has 0 saturated carbocycles. The van der Waals surface area contributed by atoms with E-state index in [4.69, 9.17) is 13.7 Å². The molecular weight excluding hydrogens is 394 g/mol. The van der Waals surface area contributed by atoms with E-state index in [2.05, 4.69) is 15.2 Å². The SMILES string of the molecule is O=S(=O)(Oc1ccc2c(c1)OC1CNCCC21)c1ccc(N2CCOCC2)nc1. The van der Waals surface area contributed by atoms with Gasteiger partial charge in [0.1, 0.15) is 28.3 Å². The summed E-state index contributed by atoms with van der Waals surface area (Å²) in [5.74, 6) is 2.04. The highest BCUT2D eigenvalue weighted by atomic mass is 32.2. The maximum atomic E-state index is 12.7. The smallest absolute Gasteiger partial charge is 0.340 e. The van der Waals surface area contributed by atoms with Gasteiger partial charge < -0.3 is 23.9 Å². The Morgan fingerprint density at radius 1 is 1.17 bits per heavy atom. The van der Waals surface area contributed by atoms with E-state index in [0.29, 0.717) is 24.9 Å². The first-order valence-corrected chi connectivity index (χ1v) is 11.3. The molecule has 1 aromatic carbocycles. The molecular formula is C20H23N3O5S. The number of nitrogens with zero attached hydrogens (tertiary/aromatic N) is 2. The molecule has 4 heterocycles. The number of fused-ring (bicyclic) bond motifs is 3. The lowest BCUT2D eigenvalue weighted by Crippen LogP contribution is -2.39. The molecule has 2 fully saturated rings. The van der Waals surface area contributed by atoms with Gasteiger partial charge in [-0.05, 0) is 31.2 Å². The third-order valence-electron chi connectivity index (χ3n) is 5.64. The van der Waals surface area contributed by atoms with Crippen LogP contribution in [0.25, 0.3) is 0 Å². The maximum Gasteiger partial charge on any atom is 0.340 e. The second-order valence-corrected chi connectivity index (χ2v) is 8.99. The van der Waals surface area contributed by atoms with Gasteiger partial charge in [-0.2, -0.15) is 8.42 Å². The third-order valence-corrected chi connectivity index (χ3v) is 6.87. The second-order valence-electron chi connectivity index (χ2n) is 7.44. The molecule has 0 aliphatic carbocycles. The Bertz CT molecular complexity index is 990. The molecule has 0 amide bonds. The molecule has 8 nitrogen and oxygen atoms in total. The Balaban J connectivity index is 1.32. The van der Waals surface area contributed by atoms with Crippen molar-refractivity contribution in [3.05, 3.63) is 42.1 Å². The molecule has 2 atom stereocenters. The van der Waals surface area contributed by atoms with E-state index >= 15 is 0 Å². The van der Waals surface area contributed by atoms with Crippen molar-refractivity contribution in [1.82, 2.24) is 10.3 Å². The Hall–Kier alpha value is -2.36. The van der Waals surface area contributed by atoms with Crippen LogP contribution in [0.1, 0.15) is 17.9 Å². The van der Waals surface area contributed by atoms with E-state index in [9.17, 15) is 8.42 Å². The van der Waals surface area contributed by atoms with E-state index in [0.717, 1.165) is 44.0 Å². The van der Waals surface area contributed by atoms with Crippen molar-refractivity contribution in [3.63, 3.8) is 0 Å². The normalized spacial score (nSPS) is 23.8. The summed E-state index contributed by atoms with van der Waals surface area (Å²) in [5.41, 5.74) is 1.12. The minimum absolute atomic E-state index is 0.0220. The van der Waals surface area contributed by atoms with Crippen LogP contribution in [-0.4, -0.2) is 58.9 Å². The number of morpholine rings is 1. The number of hydrogen-bond donors (Lipinski definition) is 1. The molecule has 0 radical (unpaired) electrons. The molecule has 0 bridgehead atoms. The third kappa shape index (κ3) is 3.65. The summed E-state index contributed by atoms with van der Waals surface area (Å²) < 4.78 is 42.1. The van der Waals surface area contributed by atoms with Crippen LogP contribution in [0.2, 0.25) is 0 Å². The molecule has 9 heteroatoms. The minimum Gasteiger partial charge on any atom is -0.488 e. The fourth-order valence-electron chi connectivity index (χ4n) is 4.12. The van der Waals surface area contributed by atoms with Gasteiger partial charge in [-0.3, -0.25) is 0 Å². The van der Waals surface area contributed by atoms with Gasteiger partial charge in [0.05, 0.1) is 19.4 Å². The van der Waals surface area contributed by atoms with Gasteiger partial charge in [0.25, 0.3) is 0 Å². The van der Waals surface area contributed by atoms with E-state index < -0.39 is 10.1 Å². The predicted octanol–water partition coefficient (Wildman–Crippen LogP) is 1.52. The van der Waals surface area contributed by atoms with Gasteiger partial charge >= 0.3 is 10.1 Å². The van der Waals surface area contributed by atoms with Crippen LogP contribution in [0.15, 0.2) is 41.4 Å². The lowest BCUT2D eigenvalue weighted by molar-refractivity contribution is 0.122. The lowest BCUT2D eigenvalue weighted by Gasteiger charge is -2.27. The number of nitrogens with one attached hydrogen (secondary N) is 1. The highest BCUT2D eigenvalue weighted by Gasteiger charge is 2.36. The van der Waals surface area contributed by atoms with Crippen LogP contribution in [0, 0.1) is 0 Å². The van der Waals surface area contributed by atoms with Crippen molar-refractivity contribution >= 4 is 15.9 Å². The fraction of sp³-hybridized carbons (Fsp3) is 0.450. The van der Waals surface area contributed by atoms with Crippen molar-refractivity contribution in [2.24, 2.45) is 0 Å². The minimum atomic E-state index is -3.98. The molecule has 0 spiro atoms. The zero-order valence-electron chi connectivity index (χ0n) is 15.9. The molecule has 2 unspecified atom stereocenters. The van der Waals surface area contributed by atoms with Gasteiger partial charge in [0.15, 0.2) is 0 Å². The molecule has 1 aromatic heterocycles. The lowest BCUT2D eigenvalue weighted by atomic mass is 9.90. The summed E-state index contributed by atoms with van der Waals surface area (Å²) in [5, 5.41) is 3.32. The molecule has 1 N–H and O–H groups in total. The molecule has 5 rings (SSSR count). The van der Waals surface area contributed by atoms with E-state index in [1.807, 2.05) is 6.07 Å². The summed E-state index contributed by atoms with van der Waals surface area (Å²) in [6.45, 7) is 4.52. The van der Waals surface area contributed by atoms with Gasteiger partial charge in [-0.25, -0.2) is 4.98 Å². The second kappa shape index (κ2) is 7.47. The number of hydrogen-bond acceptors (Lipinski definition) is 8. The zero-order valence-corrected chi connectivity index (χ0v) is 16.7. The number of rotatable bonds is 4. The number of pyridine rings is 1. The van der Waals surface area contributed by atoms with Crippen LogP contribution in [0.3, 0.4) is 0 Å². The van der Waals surface area contributed by atoms with Crippen LogP contribution in [-0.2, 0) is 14.9 Å². The quantitative estimate of drug-likeness (QED) is 0.749. The first-order chi connectivity index (χ1) is 14.1. The first-order valence-electron chi connectivity index (χ1n) is 9.85. The largest absolute Gasteiger partial charge is 0.488 e. The highest BCUT2D eigenvalue weighted by molar-refractivity contribution is 7.87. The number of benzene rings is 1. The molecule has 2 saturated heterocycles. The van der Waals surface area contributed by atoms with Crippen molar-refractivity contribution < 1.29 is 22.1 Å². The fourth-order valence-corrected chi connectivity index (χ4v) is 4.99. The topological polar surface area (TPSA) is 90.0 Å². The monoisotopic (exact) mass is 417 g/mol. The molecule has 2 aromatic rings. The maximum absolute atomic E-state index is 12.7. The van der Waals surface area contributed by atoms with Crippen molar-refractivity contribution in [2.45, 2.75) is 23.3 Å². The summed E-state index contributed by atoms with van der Waals surface area (Å²) in [6, 6.07) is 8.50. The first kappa shape index (κ1) is 18.7. The van der Waals surface area contributed by atoms with E-state index in [-0.39, 0.29) is 16.7 Å². The average Bonchev–Trinajstić information content (AvgIpc) is 3.12. The summed E-state index contributed by atoms with van der Waals surface area (Å²) in [4.78, 5) is 6.38. The van der Waals surface area contributed by atoms with Crippen LogP contribution in [0.4, 0.5) is 5.82 Å². The van der Waals surface area contributed by atoms with Crippen LogP contribution in [0.5, 0.6) is 11.5 Å². The number of piperidine rings is 1. The van der Waals surface area contributed by atoms with Gasteiger partial charge in [-0.15, -0.1) is 0 Å². The molecule has 3 aliphatic heterocycles. The molecule has 29 heavy (non-hydrogen) atoms. The Morgan fingerprint density at radius 2 is 2.03 bits per heavy atom. The molecule has 3 aliphatic rings. The van der Waals surface area contributed by atoms with Gasteiger partial charge in [-0.1, -0.05) is 6.07 Å². The van der Waals surface area contributed by atoms with Crippen LogP contribution >= 0.6 is 0 Å². The van der Waals surface area contributed by atoms with Crippen molar-refractivity contribution in [3.8, 4) is 11.5 Å². The number of anilines is 1. The zero-order chi connectivity index (χ0) is 19.8. The average molecular weight is 417 g/mol. The van der Waals surface area contributed by atoms with Gasteiger partial charge in [0.2, 0.25) is 0 Å². The number of ether oxygens (including phenoxy) is 2. The highest BCUT2D eigenvalue weighted by Crippen LogP contribution is 2.43. The summed E-state index contributed by atoms with van der Waals surface area (Å²) >= 11 is 0. The van der Waals surface area contributed by atoms with Crippen molar-refractivity contribution in [1.29, 1.82) is 0 Å².